The van der Waals surface area contributed by atoms with Crippen LogP contribution in [0.1, 0.15) is 19.4 Å². The average Bonchev–Trinajstić information content (AvgIpc) is 2.72. The number of amides is 1. The van der Waals surface area contributed by atoms with E-state index < -0.39 is 12.2 Å². The highest BCUT2D eigenvalue weighted by atomic mass is 19.4. The molecule has 1 heterocycles. The number of carbonyl (C=O) groups is 1. The Morgan fingerprint density at radius 3 is 2.24 bits per heavy atom. The molecule has 0 fully saturated rings. The first-order valence-corrected chi connectivity index (χ1v) is 8.43. The first kappa shape index (κ1) is 25.8. The summed E-state index contributed by atoms with van der Waals surface area (Å²) in [6.07, 6.45) is -4.40. The molecule has 1 aromatic carbocycles. The maximum Gasteiger partial charge on any atom is 0.574 e. The molecule has 11 heteroatoms. The van der Waals surface area contributed by atoms with Crippen LogP contribution in [0, 0.1) is 0 Å². The van der Waals surface area contributed by atoms with E-state index in [9.17, 15) is 13.2 Å². The lowest BCUT2D eigenvalue weighted by molar-refractivity contribution is -0.276. The van der Waals surface area contributed by atoms with Crippen LogP contribution < -0.4 is 30.8 Å². The van der Waals surface area contributed by atoms with Crippen molar-refractivity contribution in [1.29, 1.82) is 0 Å². The van der Waals surface area contributed by atoms with Crippen molar-refractivity contribution >= 4 is 12.1 Å². The van der Waals surface area contributed by atoms with Crippen molar-refractivity contribution in [2.45, 2.75) is 26.8 Å². The van der Waals surface area contributed by atoms with Crippen molar-refractivity contribution in [2.75, 3.05) is 19.5 Å². The molecule has 0 aliphatic rings. The van der Waals surface area contributed by atoms with Gasteiger partial charge in [-0.2, -0.15) is 4.98 Å². The molecule has 2 aromatic rings. The molecule has 162 valence electrons. The van der Waals surface area contributed by atoms with Crippen LogP contribution in [0.5, 0.6) is 17.5 Å². The number of rotatable bonds is 7. The fraction of sp³-hybridized carbons (Fsp3) is 0.333. The third kappa shape index (κ3) is 10.1. The zero-order valence-corrected chi connectivity index (χ0v) is 16.5. The summed E-state index contributed by atoms with van der Waals surface area (Å²) in [6, 6.07) is 9.31. The van der Waals surface area contributed by atoms with Gasteiger partial charge >= 0.3 is 6.36 Å². The predicted octanol–water partition coefficient (Wildman–Crippen LogP) is 3.24. The molecule has 0 radical (unpaired) electrons. The summed E-state index contributed by atoms with van der Waals surface area (Å²) in [5.41, 5.74) is 3.26. The molecule has 0 spiro atoms. The number of aromatic nitrogens is 1. The van der Waals surface area contributed by atoms with Gasteiger partial charge in [0.15, 0.2) is 0 Å². The fourth-order valence-electron chi connectivity index (χ4n) is 1.94. The molecule has 0 aliphatic heterocycles. The molecule has 0 unspecified atom stereocenters. The number of hydrogen-bond donors (Lipinski definition) is 3. The highest BCUT2D eigenvalue weighted by Crippen LogP contribution is 2.28. The SMILES string of the molecule is CC.CNc1cccc(OC)c1COc1cccc(OC(F)(F)F)n1.NNC=O. The van der Waals surface area contributed by atoms with Crippen LogP contribution in [-0.2, 0) is 11.4 Å². The molecule has 2 rings (SSSR count). The lowest BCUT2D eigenvalue weighted by Gasteiger charge is -2.14. The van der Waals surface area contributed by atoms with Crippen molar-refractivity contribution in [2.24, 2.45) is 5.84 Å². The maximum atomic E-state index is 12.2. The molecule has 4 N–H and O–H groups in total. The monoisotopic (exact) mass is 418 g/mol. The van der Waals surface area contributed by atoms with E-state index in [1.165, 1.54) is 19.2 Å². The summed E-state index contributed by atoms with van der Waals surface area (Å²) in [5.74, 6) is 4.44. The van der Waals surface area contributed by atoms with Gasteiger partial charge in [-0.1, -0.05) is 26.0 Å². The number of pyridine rings is 1. The van der Waals surface area contributed by atoms with Crippen LogP contribution in [0.15, 0.2) is 36.4 Å². The standard InChI is InChI=1S/C15H15F3N2O3.C2H6.CH4N2O/c1-19-11-5-3-6-12(21-2)10(11)9-22-13-7-4-8-14(20-13)23-15(16,17)18;1-2;2-3-1-4/h3-8,19H,9H2,1-2H3;1-2H3;1H,2H2,(H,3,4). The Bertz CT molecular complexity index is 708. The average molecular weight is 418 g/mol. The molecule has 1 amide bonds. The van der Waals surface area contributed by atoms with Gasteiger partial charge in [0.2, 0.25) is 18.2 Å². The third-order valence-electron chi connectivity index (χ3n) is 2.97. The summed E-state index contributed by atoms with van der Waals surface area (Å²) in [7, 11) is 3.27. The smallest absolute Gasteiger partial charge is 0.496 e. The first-order chi connectivity index (χ1) is 13.8. The number of halogens is 3. The number of benzene rings is 1. The fourth-order valence-corrected chi connectivity index (χ4v) is 1.94. The number of hydrogen-bond acceptors (Lipinski definition) is 7. The van der Waals surface area contributed by atoms with E-state index in [1.807, 2.05) is 26.0 Å². The van der Waals surface area contributed by atoms with Gasteiger partial charge in [-0.15, -0.1) is 13.2 Å². The second-order valence-electron chi connectivity index (χ2n) is 4.67. The number of anilines is 1. The van der Waals surface area contributed by atoms with Gasteiger partial charge in [-0.25, -0.2) is 5.84 Å². The Hall–Kier alpha value is -3.21. The van der Waals surface area contributed by atoms with Crippen LogP contribution in [0.2, 0.25) is 0 Å². The summed E-state index contributed by atoms with van der Waals surface area (Å²) in [5, 5.41) is 3.00. The number of nitrogens with two attached hydrogens (primary N) is 1. The van der Waals surface area contributed by atoms with Gasteiger partial charge in [0, 0.05) is 24.9 Å². The highest BCUT2D eigenvalue weighted by Gasteiger charge is 2.31. The number of methoxy groups -OCH3 is 1. The second kappa shape index (κ2) is 13.9. The van der Waals surface area contributed by atoms with Crippen molar-refractivity contribution in [1.82, 2.24) is 10.4 Å². The van der Waals surface area contributed by atoms with Crippen LogP contribution >= 0.6 is 0 Å². The maximum absolute atomic E-state index is 12.2. The Morgan fingerprint density at radius 2 is 1.72 bits per heavy atom. The molecule has 0 saturated heterocycles. The first-order valence-electron chi connectivity index (χ1n) is 8.43. The minimum Gasteiger partial charge on any atom is -0.496 e. The number of ether oxygens (including phenoxy) is 3. The molecule has 0 saturated carbocycles. The Balaban J connectivity index is 0.00000116. The normalized spacial score (nSPS) is 9.66. The summed E-state index contributed by atoms with van der Waals surface area (Å²) < 4.78 is 51.0. The molecule has 29 heavy (non-hydrogen) atoms. The van der Waals surface area contributed by atoms with Gasteiger partial charge in [-0.05, 0) is 12.1 Å². The lowest BCUT2D eigenvalue weighted by atomic mass is 10.1. The van der Waals surface area contributed by atoms with Crippen LogP contribution in [0.4, 0.5) is 18.9 Å². The third-order valence-corrected chi connectivity index (χ3v) is 2.97. The van der Waals surface area contributed by atoms with Gasteiger partial charge in [0.1, 0.15) is 12.4 Å². The lowest BCUT2D eigenvalue weighted by Crippen LogP contribution is -2.18. The number of alkyl halides is 3. The van der Waals surface area contributed by atoms with Crippen LogP contribution in [0.3, 0.4) is 0 Å². The summed E-state index contributed by atoms with van der Waals surface area (Å²) in [6.45, 7) is 4.07. The molecular formula is C18H25F3N4O4. The van der Waals surface area contributed by atoms with E-state index in [0.717, 1.165) is 17.3 Å². The second-order valence-corrected chi connectivity index (χ2v) is 4.67. The predicted molar refractivity (Wildman–Crippen MR) is 103 cm³/mol. The van der Waals surface area contributed by atoms with Crippen LogP contribution in [-0.4, -0.2) is 31.9 Å². The van der Waals surface area contributed by atoms with Gasteiger partial charge in [-0.3, -0.25) is 10.2 Å². The molecular weight excluding hydrogens is 393 g/mol. The quantitative estimate of drug-likeness (QED) is 0.274. The zero-order valence-electron chi connectivity index (χ0n) is 16.5. The van der Waals surface area contributed by atoms with Crippen molar-refractivity contribution in [3.8, 4) is 17.5 Å². The molecule has 8 nitrogen and oxygen atoms in total. The van der Waals surface area contributed by atoms with Gasteiger partial charge in [0.05, 0.1) is 12.7 Å². The van der Waals surface area contributed by atoms with E-state index in [2.05, 4.69) is 20.9 Å². The van der Waals surface area contributed by atoms with Crippen molar-refractivity contribution in [3.05, 3.63) is 42.0 Å². The van der Waals surface area contributed by atoms with Gasteiger partial charge < -0.3 is 19.5 Å². The van der Waals surface area contributed by atoms with Crippen molar-refractivity contribution < 1.29 is 32.2 Å². The van der Waals surface area contributed by atoms with E-state index in [-0.39, 0.29) is 12.5 Å². The number of carbonyl (C=O) groups excluding carboxylic acids is 1. The summed E-state index contributed by atoms with van der Waals surface area (Å²) >= 11 is 0. The molecule has 1 aromatic heterocycles. The minimum absolute atomic E-state index is 0.0136. The Labute approximate surface area is 167 Å². The van der Waals surface area contributed by atoms with E-state index in [0.29, 0.717) is 12.2 Å². The van der Waals surface area contributed by atoms with Crippen LogP contribution in [0.25, 0.3) is 0 Å². The van der Waals surface area contributed by atoms with E-state index >= 15 is 0 Å². The number of hydrazine groups is 1. The summed E-state index contributed by atoms with van der Waals surface area (Å²) in [4.78, 5) is 12.6. The zero-order chi connectivity index (χ0) is 22.3. The van der Waals surface area contributed by atoms with Gasteiger partial charge in [0.25, 0.3) is 0 Å². The molecule has 0 aliphatic carbocycles. The Morgan fingerprint density at radius 1 is 1.14 bits per heavy atom. The topological polar surface area (TPSA) is 108 Å². The number of nitrogens with zero attached hydrogens (tertiary/aromatic N) is 1. The highest BCUT2D eigenvalue weighted by molar-refractivity contribution is 5.57. The van der Waals surface area contributed by atoms with E-state index in [4.69, 9.17) is 14.3 Å². The number of nitrogens with one attached hydrogen (secondary N) is 2. The molecule has 0 atom stereocenters. The molecule has 0 bridgehead atoms. The van der Waals surface area contributed by atoms with Crippen molar-refractivity contribution in [3.63, 3.8) is 0 Å². The minimum atomic E-state index is -4.80. The largest absolute Gasteiger partial charge is 0.574 e. The Kier molecular flexibility index (Phi) is 12.3. The van der Waals surface area contributed by atoms with E-state index in [1.54, 1.807) is 18.5 Å².